The number of amides is 1. The Kier molecular flexibility index (Phi) is 7.25. The highest BCUT2D eigenvalue weighted by molar-refractivity contribution is 5.95. The number of nitrogens with one attached hydrogen (secondary N) is 1. The second-order valence-corrected chi connectivity index (χ2v) is 8.33. The first-order valence-electron chi connectivity index (χ1n) is 11.4. The van der Waals surface area contributed by atoms with E-state index in [1.54, 1.807) is 12.1 Å². The number of hydrogen-bond donors (Lipinski definition) is 4. The van der Waals surface area contributed by atoms with Gasteiger partial charge in [0.05, 0.1) is 37.1 Å². The van der Waals surface area contributed by atoms with Gasteiger partial charge >= 0.3 is 5.97 Å². The fourth-order valence-electron chi connectivity index (χ4n) is 4.37. The number of aliphatic hydroxyl groups excluding tert-OH is 1. The van der Waals surface area contributed by atoms with Gasteiger partial charge in [0, 0.05) is 43.4 Å². The lowest BCUT2D eigenvalue weighted by atomic mass is 9.90. The van der Waals surface area contributed by atoms with E-state index in [2.05, 4.69) is 26.4 Å². The molecule has 1 amide bonds. The molecule has 0 saturated carbocycles. The Hall–Kier alpha value is -3.99. The van der Waals surface area contributed by atoms with Crippen LogP contribution in [0.1, 0.15) is 57.3 Å². The van der Waals surface area contributed by atoms with E-state index in [4.69, 9.17) is 10.5 Å². The van der Waals surface area contributed by atoms with Crippen LogP contribution in [-0.4, -0.2) is 55.5 Å². The molecule has 0 fully saturated rings. The van der Waals surface area contributed by atoms with Crippen molar-refractivity contribution in [3.63, 3.8) is 0 Å². The Bertz CT molecular complexity index is 1220. The van der Waals surface area contributed by atoms with Crippen LogP contribution in [0.25, 0.3) is 0 Å². The van der Waals surface area contributed by atoms with Crippen LogP contribution in [0.4, 0.5) is 5.82 Å². The number of rotatable bonds is 10. The number of carboxylic acid groups (broad SMARTS) is 1. The summed E-state index contributed by atoms with van der Waals surface area (Å²) in [4.78, 5) is 33.0. The highest BCUT2D eigenvalue weighted by Crippen LogP contribution is 2.32. The summed E-state index contributed by atoms with van der Waals surface area (Å²) in [5, 5.41) is 27.5. The minimum atomic E-state index is -1.08. The quantitative estimate of drug-likeness (QED) is 0.336. The highest BCUT2D eigenvalue weighted by atomic mass is 16.5. The molecule has 1 aliphatic rings. The summed E-state index contributed by atoms with van der Waals surface area (Å²) < 4.78 is 6.59. The van der Waals surface area contributed by atoms with Crippen LogP contribution in [0.3, 0.4) is 0 Å². The number of carbonyl (C=O) groups is 2. The maximum atomic E-state index is 12.4. The van der Waals surface area contributed by atoms with Gasteiger partial charge in [0.15, 0.2) is 0 Å². The second-order valence-electron chi connectivity index (χ2n) is 8.33. The van der Waals surface area contributed by atoms with E-state index in [0.717, 1.165) is 30.9 Å². The lowest BCUT2D eigenvalue weighted by molar-refractivity contribution is -0.137. The summed E-state index contributed by atoms with van der Waals surface area (Å²) in [5.74, 6) is -1.42. The van der Waals surface area contributed by atoms with E-state index in [9.17, 15) is 19.8 Å². The third kappa shape index (κ3) is 5.24. The molecule has 5 N–H and O–H groups in total. The molecule has 11 heteroatoms. The number of carbonyl (C=O) groups excluding carboxylic acids is 1. The zero-order valence-electron chi connectivity index (χ0n) is 19.4. The molecule has 3 aromatic heterocycles. The van der Waals surface area contributed by atoms with E-state index in [-0.39, 0.29) is 23.4 Å². The van der Waals surface area contributed by atoms with Crippen molar-refractivity contribution in [3.8, 4) is 5.88 Å². The SMILES string of the molecule is COc1ccc([C@H](CC(=O)O)c2nn(CCc3ccc4c(n3)NCCC4)c(CO)c2C(N)=O)cn1. The van der Waals surface area contributed by atoms with Crippen molar-refractivity contribution in [1.82, 2.24) is 19.7 Å². The average Bonchev–Trinajstić information content (AvgIpc) is 3.24. The van der Waals surface area contributed by atoms with Crippen molar-refractivity contribution in [2.75, 3.05) is 19.0 Å². The standard InChI is InChI=1S/C24H28N6O5/c1-35-19-7-5-15(12-27-19)17(11-20(32)33)22-21(23(25)34)18(13-31)30(29-22)10-8-16-6-4-14-3-2-9-26-24(14)28-16/h4-7,12,17,31H,2-3,8-11,13H2,1H3,(H2,25,34)(H,26,28)(H,32,33)/t17-/m0/s1. The molecule has 3 aromatic rings. The molecule has 0 bridgehead atoms. The number of aryl methyl sites for hydroxylation is 3. The Balaban J connectivity index is 1.69. The number of aromatic nitrogens is 4. The molecule has 11 nitrogen and oxygen atoms in total. The molecular formula is C24H28N6O5. The van der Waals surface area contributed by atoms with Crippen LogP contribution in [0.15, 0.2) is 30.5 Å². The topological polar surface area (TPSA) is 165 Å². The average molecular weight is 481 g/mol. The number of hydrogen-bond acceptors (Lipinski definition) is 8. The summed E-state index contributed by atoms with van der Waals surface area (Å²) in [7, 11) is 1.48. The Morgan fingerprint density at radius 2 is 2.11 bits per heavy atom. The van der Waals surface area contributed by atoms with Gasteiger partial charge in [-0.2, -0.15) is 5.10 Å². The molecule has 4 heterocycles. The molecule has 0 radical (unpaired) electrons. The van der Waals surface area contributed by atoms with Gasteiger partial charge in [0.2, 0.25) is 5.88 Å². The fraction of sp³-hybridized carbons (Fsp3) is 0.375. The first kappa shape index (κ1) is 24.1. The number of nitrogens with zero attached hydrogens (tertiary/aromatic N) is 4. The lowest BCUT2D eigenvalue weighted by Gasteiger charge is -2.17. The van der Waals surface area contributed by atoms with Crippen molar-refractivity contribution in [2.24, 2.45) is 5.73 Å². The van der Waals surface area contributed by atoms with Gasteiger partial charge in [0.25, 0.3) is 5.91 Å². The van der Waals surface area contributed by atoms with Crippen LogP contribution in [0.2, 0.25) is 0 Å². The molecule has 0 saturated heterocycles. The van der Waals surface area contributed by atoms with E-state index in [1.807, 2.05) is 6.07 Å². The first-order valence-corrected chi connectivity index (χ1v) is 11.4. The van der Waals surface area contributed by atoms with Crippen molar-refractivity contribution in [2.45, 2.75) is 44.8 Å². The third-order valence-corrected chi connectivity index (χ3v) is 6.09. The van der Waals surface area contributed by atoms with E-state index in [1.165, 1.54) is 23.6 Å². The number of anilines is 1. The summed E-state index contributed by atoms with van der Waals surface area (Å²) in [6.07, 6.45) is 3.70. The number of primary amides is 1. The number of pyridine rings is 2. The molecule has 35 heavy (non-hydrogen) atoms. The van der Waals surface area contributed by atoms with Crippen LogP contribution in [0.5, 0.6) is 5.88 Å². The molecular weight excluding hydrogens is 452 g/mol. The fourth-order valence-corrected chi connectivity index (χ4v) is 4.37. The molecule has 4 rings (SSSR count). The van der Waals surface area contributed by atoms with E-state index < -0.39 is 24.4 Å². The van der Waals surface area contributed by atoms with Crippen LogP contribution >= 0.6 is 0 Å². The summed E-state index contributed by atoms with van der Waals surface area (Å²) >= 11 is 0. The second kappa shape index (κ2) is 10.5. The number of nitrogens with two attached hydrogens (primary N) is 1. The lowest BCUT2D eigenvalue weighted by Crippen LogP contribution is -2.18. The van der Waals surface area contributed by atoms with Gasteiger partial charge in [-0.3, -0.25) is 14.3 Å². The summed E-state index contributed by atoms with van der Waals surface area (Å²) in [6, 6.07) is 7.29. The number of ether oxygens (including phenoxy) is 1. The van der Waals surface area contributed by atoms with Gasteiger partial charge in [-0.05, 0) is 30.0 Å². The molecule has 1 aliphatic heterocycles. The minimum Gasteiger partial charge on any atom is -0.481 e. The molecule has 1 atom stereocenters. The predicted octanol–water partition coefficient (Wildman–Crippen LogP) is 1.48. The number of methoxy groups -OCH3 is 1. The zero-order chi connectivity index (χ0) is 24.9. The Morgan fingerprint density at radius 3 is 2.77 bits per heavy atom. The number of aliphatic carboxylic acids is 1. The predicted molar refractivity (Wildman–Crippen MR) is 126 cm³/mol. The van der Waals surface area contributed by atoms with Gasteiger partial charge in [0.1, 0.15) is 5.82 Å². The minimum absolute atomic E-state index is 0.0228. The molecule has 0 unspecified atom stereocenters. The van der Waals surface area contributed by atoms with Gasteiger partial charge in [-0.1, -0.05) is 12.1 Å². The monoisotopic (exact) mass is 480 g/mol. The molecule has 184 valence electrons. The van der Waals surface area contributed by atoms with Crippen LogP contribution in [-0.2, 0) is 30.8 Å². The Labute approximate surface area is 202 Å². The number of fused-ring (bicyclic) bond motifs is 1. The van der Waals surface area contributed by atoms with Gasteiger partial charge in [-0.15, -0.1) is 0 Å². The summed E-state index contributed by atoms with van der Waals surface area (Å²) in [6.45, 7) is 0.724. The van der Waals surface area contributed by atoms with E-state index in [0.29, 0.717) is 24.4 Å². The van der Waals surface area contributed by atoms with E-state index >= 15 is 0 Å². The first-order chi connectivity index (χ1) is 16.9. The van der Waals surface area contributed by atoms with Crippen LogP contribution < -0.4 is 15.8 Å². The molecule has 0 aliphatic carbocycles. The van der Waals surface area contributed by atoms with Crippen molar-refractivity contribution in [1.29, 1.82) is 0 Å². The summed E-state index contributed by atoms with van der Waals surface area (Å²) in [5.41, 5.74) is 8.67. The van der Waals surface area contributed by atoms with Crippen LogP contribution in [0, 0.1) is 0 Å². The largest absolute Gasteiger partial charge is 0.481 e. The van der Waals surface area contributed by atoms with Gasteiger partial charge < -0.3 is 26.0 Å². The normalized spacial score (nSPS) is 13.5. The maximum absolute atomic E-state index is 12.4. The highest BCUT2D eigenvalue weighted by Gasteiger charge is 2.30. The number of aliphatic hydroxyl groups is 1. The van der Waals surface area contributed by atoms with Crippen molar-refractivity contribution >= 4 is 17.7 Å². The van der Waals surface area contributed by atoms with Crippen molar-refractivity contribution < 1.29 is 24.5 Å². The van der Waals surface area contributed by atoms with Crippen molar-refractivity contribution in [3.05, 3.63) is 64.2 Å². The number of carboxylic acids is 1. The molecule has 0 spiro atoms. The third-order valence-electron chi connectivity index (χ3n) is 6.09. The smallest absolute Gasteiger partial charge is 0.304 e. The Morgan fingerprint density at radius 1 is 1.29 bits per heavy atom. The molecule has 0 aromatic carbocycles. The zero-order valence-corrected chi connectivity index (χ0v) is 19.4. The van der Waals surface area contributed by atoms with Gasteiger partial charge in [-0.25, -0.2) is 9.97 Å². The maximum Gasteiger partial charge on any atom is 0.304 e.